The first-order valence-corrected chi connectivity index (χ1v) is 12.4. The summed E-state index contributed by atoms with van der Waals surface area (Å²) in [5.41, 5.74) is 0.908. The molecule has 0 spiro atoms. The minimum Gasteiger partial charge on any atom is -1.00 e. The highest BCUT2D eigenvalue weighted by Gasteiger charge is 2.47. The van der Waals surface area contributed by atoms with Crippen LogP contribution in [-0.4, -0.2) is 61.1 Å². The SMILES string of the molecule is CCCCN(C(=O)O[C@H]1C[N+]2(CCCOc3cccc(O)c3)CCC1CC2)c1ccccc1.[Br-]. The maximum absolute atomic E-state index is 13.2. The van der Waals surface area contributed by atoms with Crippen molar-refractivity contribution in [3.8, 4) is 11.5 Å². The number of nitrogens with zero attached hydrogens (tertiary/aromatic N) is 2. The van der Waals surface area contributed by atoms with Crippen LogP contribution in [0.15, 0.2) is 54.6 Å². The fourth-order valence-electron chi connectivity index (χ4n) is 5.28. The third-order valence-electron chi connectivity index (χ3n) is 7.18. The third kappa shape index (κ3) is 6.66. The van der Waals surface area contributed by atoms with Crippen molar-refractivity contribution >= 4 is 11.8 Å². The van der Waals surface area contributed by atoms with Crippen molar-refractivity contribution in [2.24, 2.45) is 5.92 Å². The molecule has 1 atom stereocenters. The minimum absolute atomic E-state index is 0. The molecule has 0 aromatic heterocycles. The van der Waals surface area contributed by atoms with Crippen LogP contribution >= 0.6 is 0 Å². The van der Waals surface area contributed by atoms with Crippen LogP contribution < -0.4 is 26.6 Å². The van der Waals surface area contributed by atoms with Gasteiger partial charge in [0.25, 0.3) is 0 Å². The van der Waals surface area contributed by atoms with Gasteiger partial charge < -0.3 is 36.0 Å². The van der Waals surface area contributed by atoms with E-state index in [1.54, 1.807) is 23.1 Å². The Labute approximate surface area is 213 Å². The summed E-state index contributed by atoms with van der Waals surface area (Å²) >= 11 is 0. The van der Waals surface area contributed by atoms with E-state index in [2.05, 4.69) is 6.92 Å². The second-order valence-corrected chi connectivity index (χ2v) is 9.49. The number of quaternary nitrogens is 1. The van der Waals surface area contributed by atoms with Crippen LogP contribution in [0.2, 0.25) is 0 Å². The predicted molar refractivity (Wildman–Crippen MR) is 130 cm³/mol. The van der Waals surface area contributed by atoms with Crippen molar-refractivity contribution in [1.29, 1.82) is 0 Å². The highest BCUT2D eigenvalue weighted by Crippen LogP contribution is 2.36. The van der Waals surface area contributed by atoms with Gasteiger partial charge in [0.15, 0.2) is 6.10 Å². The van der Waals surface area contributed by atoms with Crippen molar-refractivity contribution in [2.45, 2.75) is 45.1 Å². The van der Waals surface area contributed by atoms with Crippen LogP contribution in [0.4, 0.5) is 10.5 Å². The Morgan fingerprint density at radius 2 is 1.85 bits per heavy atom. The normalized spacial score (nSPS) is 23.1. The van der Waals surface area contributed by atoms with Gasteiger partial charge in [0.05, 0.1) is 26.2 Å². The van der Waals surface area contributed by atoms with E-state index in [1.807, 2.05) is 36.4 Å². The van der Waals surface area contributed by atoms with Gasteiger partial charge in [-0.3, -0.25) is 4.90 Å². The number of phenolic OH excluding ortho intramolecular Hbond substituents is 1. The molecule has 0 radical (unpaired) electrons. The van der Waals surface area contributed by atoms with Crippen molar-refractivity contribution in [3.05, 3.63) is 54.6 Å². The lowest BCUT2D eigenvalue weighted by atomic mass is 9.83. The van der Waals surface area contributed by atoms with Crippen molar-refractivity contribution in [3.63, 3.8) is 0 Å². The number of halogens is 1. The zero-order valence-electron chi connectivity index (χ0n) is 20.1. The average molecular weight is 534 g/mol. The topological polar surface area (TPSA) is 59.0 Å². The third-order valence-corrected chi connectivity index (χ3v) is 7.18. The Hall–Kier alpha value is -2.25. The van der Waals surface area contributed by atoms with Gasteiger partial charge in [0, 0.05) is 43.5 Å². The number of aromatic hydroxyl groups is 1. The maximum atomic E-state index is 13.2. The fraction of sp³-hybridized carbons (Fsp3) is 0.519. The Morgan fingerprint density at radius 3 is 2.56 bits per heavy atom. The van der Waals surface area contributed by atoms with Crippen molar-refractivity contribution in [1.82, 2.24) is 0 Å². The van der Waals surface area contributed by atoms with E-state index in [1.165, 1.54) is 0 Å². The van der Waals surface area contributed by atoms with E-state index in [-0.39, 0.29) is 34.9 Å². The molecule has 0 unspecified atom stereocenters. The van der Waals surface area contributed by atoms with Gasteiger partial charge in [-0.25, -0.2) is 4.79 Å². The van der Waals surface area contributed by atoms with Crippen LogP contribution in [0.3, 0.4) is 0 Å². The van der Waals surface area contributed by atoms with Crippen molar-refractivity contribution < 1.29 is 40.8 Å². The average Bonchev–Trinajstić information content (AvgIpc) is 2.84. The Kier molecular flexibility index (Phi) is 9.65. The van der Waals surface area contributed by atoms with E-state index in [0.29, 0.717) is 24.8 Å². The van der Waals surface area contributed by atoms with Gasteiger partial charge >= 0.3 is 6.09 Å². The number of hydrogen-bond acceptors (Lipinski definition) is 4. The number of anilines is 1. The first-order chi connectivity index (χ1) is 16.1. The van der Waals surface area contributed by atoms with Crippen LogP contribution in [0.1, 0.15) is 39.0 Å². The molecule has 3 aliphatic rings. The van der Waals surface area contributed by atoms with Gasteiger partial charge in [0.1, 0.15) is 18.0 Å². The summed E-state index contributed by atoms with van der Waals surface area (Å²) in [4.78, 5) is 15.0. The Balaban J connectivity index is 0.00000324. The number of carbonyl (C=O) groups is 1. The standard InChI is InChI=1S/C27H36N2O4.BrH/c1-2-3-15-28(23-9-5-4-6-10-23)27(31)33-26-21-29(17-13-22(26)14-18-29)16-8-19-32-25-12-7-11-24(30)20-25;/h4-7,9-12,20,22,26H,2-3,8,13-19,21H2,1H3;1H/t22?,26-,29?;/m0./s1. The lowest BCUT2D eigenvalue weighted by Crippen LogP contribution is -3.00. The Morgan fingerprint density at radius 1 is 1.09 bits per heavy atom. The van der Waals surface area contributed by atoms with E-state index in [4.69, 9.17) is 9.47 Å². The molecule has 3 aliphatic heterocycles. The molecule has 6 nitrogen and oxygen atoms in total. The van der Waals surface area contributed by atoms with Gasteiger partial charge in [-0.1, -0.05) is 37.6 Å². The highest BCUT2D eigenvalue weighted by molar-refractivity contribution is 5.87. The molecule has 3 fully saturated rings. The number of phenols is 1. The number of amides is 1. The minimum atomic E-state index is -0.209. The van der Waals surface area contributed by atoms with Crippen LogP contribution in [0.5, 0.6) is 11.5 Å². The zero-order chi connectivity index (χ0) is 23.1. The Bertz CT molecular complexity index is 903. The monoisotopic (exact) mass is 532 g/mol. The first kappa shape index (κ1) is 26.4. The van der Waals surface area contributed by atoms with Gasteiger partial charge in [-0.15, -0.1) is 0 Å². The summed E-state index contributed by atoms with van der Waals surface area (Å²) in [6, 6.07) is 16.8. The molecule has 1 amide bonds. The summed E-state index contributed by atoms with van der Waals surface area (Å²) in [5.74, 6) is 1.40. The molecular formula is C27H37BrN2O4. The van der Waals surface area contributed by atoms with Crippen LogP contribution in [0.25, 0.3) is 0 Å². The quantitative estimate of drug-likeness (QED) is 0.376. The summed E-state index contributed by atoms with van der Waals surface area (Å²) in [5, 5.41) is 9.59. The number of rotatable bonds is 10. The largest absolute Gasteiger partial charge is 1.00 e. The molecule has 2 bridgehead atoms. The molecule has 3 heterocycles. The molecule has 0 saturated carbocycles. The van der Waals surface area contributed by atoms with Crippen molar-refractivity contribution in [2.75, 3.05) is 44.2 Å². The number of unbranched alkanes of at least 4 members (excludes halogenated alkanes) is 1. The molecule has 7 heteroatoms. The number of carbonyl (C=O) groups excluding carboxylic acids is 1. The summed E-state index contributed by atoms with van der Waals surface area (Å²) < 4.78 is 13.0. The molecule has 3 saturated heterocycles. The number of hydrogen-bond donors (Lipinski definition) is 1. The van der Waals surface area contributed by atoms with E-state index < -0.39 is 0 Å². The lowest BCUT2D eigenvalue weighted by molar-refractivity contribution is -0.946. The first-order valence-electron chi connectivity index (χ1n) is 12.4. The number of ether oxygens (including phenoxy) is 2. The smallest absolute Gasteiger partial charge is 0.414 e. The molecule has 5 rings (SSSR count). The second kappa shape index (κ2) is 12.5. The summed E-state index contributed by atoms with van der Waals surface area (Å²) in [6.07, 6.45) is 4.94. The lowest BCUT2D eigenvalue weighted by Gasteiger charge is -2.52. The zero-order valence-corrected chi connectivity index (χ0v) is 21.7. The molecule has 2 aromatic carbocycles. The van der Waals surface area contributed by atoms with Gasteiger partial charge in [-0.2, -0.15) is 0 Å². The summed E-state index contributed by atoms with van der Waals surface area (Å²) in [7, 11) is 0. The number of fused-ring (bicyclic) bond motifs is 3. The second-order valence-electron chi connectivity index (χ2n) is 9.49. The van der Waals surface area contributed by atoms with E-state index in [9.17, 15) is 9.90 Å². The van der Waals surface area contributed by atoms with Crippen LogP contribution in [-0.2, 0) is 4.74 Å². The molecular weight excluding hydrogens is 496 g/mol. The predicted octanol–water partition coefficient (Wildman–Crippen LogP) is 2.22. The summed E-state index contributed by atoms with van der Waals surface area (Å²) in [6.45, 7) is 7.68. The number of para-hydroxylation sites is 1. The molecule has 186 valence electrons. The highest BCUT2D eigenvalue weighted by atomic mass is 79.9. The maximum Gasteiger partial charge on any atom is 0.414 e. The number of benzene rings is 2. The molecule has 1 N–H and O–H groups in total. The van der Waals surface area contributed by atoms with Gasteiger partial charge in [0.2, 0.25) is 0 Å². The van der Waals surface area contributed by atoms with Crippen LogP contribution in [0, 0.1) is 5.92 Å². The molecule has 34 heavy (non-hydrogen) atoms. The molecule has 2 aromatic rings. The van der Waals surface area contributed by atoms with E-state index in [0.717, 1.165) is 68.5 Å². The molecule has 0 aliphatic carbocycles. The van der Waals surface area contributed by atoms with Gasteiger partial charge in [-0.05, 0) is 30.7 Å². The fourth-order valence-corrected chi connectivity index (χ4v) is 5.28. The van der Waals surface area contributed by atoms with E-state index >= 15 is 0 Å². The number of piperidine rings is 3.